The number of amides is 1. The zero-order chi connectivity index (χ0) is 13.7. The number of nitrogens with zero attached hydrogens (tertiary/aromatic N) is 1. The van der Waals surface area contributed by atoms with Gasteiger partial charge in [0.15, 0.2) is 0 Å². The SMILES string of the molecule is COc1ccc(CCC(=O)N(C)C2CCNC2)cc1. The van der Waals surface area contributed by atoms with Gasteiger partial charge in [-0.05, 0) is 37.1 Å². The van der Waals surface area contributed by atoms with Crippen LogP contribution in [-0.4, -0.2) is 44.1 Å². The van der Waals surface area contributed by atoms with Gasteiger partial charge in [-0.2, -0.15) is 0 Å². The predicted octanol–water partition coefficient (Wildman–Crippen LogP) is 1.45. The minimum absolute atomic E-state index is 0.226. The normalized spacial score (nSPS) is 18.3. The van der Waals surface area contributed by atoms with E-state index in [1.807, 2.05) is 36.2 Å². The van der Waals surface area contributed by atoms with Crippen LogP contribution in [0.25, 0.3) is 0 Å². The lowest BCUT2D eigenvalue weighted by atomic mass is 10.1. The van der Waals surface area contributed by atoms with Gasteiger partial charge in [-0.3, -0.25) is 4.79 Å². The molecule has 0 saturated carbocycles. The zero-order valence-electron chi connectivity index (χ0n) is 11.7. The topological polar surface area (TPSA) is 41.6 Å². The molecule has 4 nitrogen and oxygen atoms in total. The van der Waals surface area contributed by atoms with Crippen molar-refractivity contribution >= 4 is 5.91 Å². The van der Waals surface area contributed by atoms with Gasteiger partial charge in [0, 0.05) is 26.1 Å². The lowest BCUT2D eigenvalue weighted by Gasteiger charge is -2.23. The summed E-state index contributed by atoms with van der Waals surface area (Å²) in [6.07, 6.45) is 2.41. The first-order valence-electron chi connectivity index (χ1n) is 6.80. The van der Waals surface area contributed by atoms with Gasteiger partial charge in [-0.15, -0.1) is 0 Å². The highest BCUT2D eigenvalue weighted by molar-refractivity contribution is 5.76. The highest BCUT2D eigenvalue weighted by Gasteiger charge is 2.22. The van der Waals surface area contributed by atoms with Crippen molar-refractivity contribution in [3.8, 4) is 5.75 Å². The van der Waals surface area contributed by atoms with Crippen molar-refractivity contribution in [2.45, 2.75) is 25.3 Å². The Kier molecular flexibility index (Phi) is 4.80. The third-order valence-corrected chi connectivity index (χ3v) is 3.76. The van der Waals surface area contributed by atoms with Gasteiger partial charge in [0.25, 0.3) is 0 Å². The molecule has 0 radical (unpaired) electrons. The number of carbonyl (C=O) groups excluding carboxylic acids is 1. The number of nitrogens with one attached hydrogen (secondary N) is 1. The molecule has 1 N–H and O–H groups in total. The number of ether oxygens (including phenoxy) is 1. The molecule has 1 aliphatic heterocycles. The maximum Gasteiger partial charge on any atom is 0.222 e. The van der Waals surface area contributed by atoms with Crippen molar-refractivity contribution in [3.05, 3.63) is 29.8 Å². The van der Waals surface area contributed by atoms with Crippen LogP contribution in [0.2, 0.25) is 0 Å². The van der Waals surface area contributed by atoms with E-state index < -0.39 is 0 Å². The summed E-state index contributed by atoms with van der Waals surface area (Å²) in [6, 6.07) is 8.27. The third-order valence-electron chi connectivity index (χ3n) is 3.76. The first-order valence-corrected chi connectivity index (χ1v) is 6.80. The number of hydrogen-bond donors (Lipinski definition) is 1. The summed E-state index contributed by atoms with van der Waals surface area (Å²) in [6.45, 7) is 1.94. The Balaban J connectivity index is 1.81. The molecule has 0 spiro atoms. The van der Waals surface area contributed by atoms with E-state index >= 15 is 0 Å². The maximum absolute atomic E-state index is 12.1. The summed E-state index contributed by atoms with van der Waals surface area (Å²) >= 11 is 0. The molecule has 1 aromatic carbocycles. The second-order valence-corrected chi connectivity index (χ2v) is 5.00. The summed E-state index contributed by atoms with van der Waals surface area (Å²) in [5.74, 6) is 1.08. The van der Waals surface area contributed by atoms with Crippen molar-refractivity contribution in [2.75, 3.05) is 27.2 Å². The standard InChI is InChI=1S/C15H22N2O2/c1-17(13-9-10-16-11-13)15(18)8-5-12-3-6-14(19-2)7-4-12/h3-4,6-7,13,16H,5,8-11H2,1-2H3. The first kappa shape index (κ1) is 13.9. The van der Waals surface area contributed by atoms with Crippen molar-refractivity contribution in [3.63, 3.8) is 0 Å². The third kappa shape index (κ3) is 3.70. The molecule has 0 aliphatic carbocycles. The summed E-state index contributed by atoms with van der Waals surface area (Å²) < 4.78 is 5.12. The number of rotatable bonds is 5. The van der Waals surface area contributed by atoms with Gasteiger partial charge < -0.3 is 15.0 Å². The summed E-state index contributed by atoms with van der Waals surface area (Å²) in [5, 5.41) is 3.29. The molecule has 0 aromatic heterocycles. The smallest absolute Gasteiger partial charge is 0.222 e. The Morgan fingerprint density at radius 3 is 2.74 bits per heavy atom. The van der Waals surface area contributed by atoms with Gasteiger partial charge in [-0.1, -0.05) is 12.1 Å². The van der Waals surface area contributed by atoms with Gasteiger partial charge in [-0.25, -0.2) is 0 Å². The molecule has 1 atom stereocenters. The highest BCUT2D eigenvalue weighted by Crippen LogP contribution is 2.14. The van der Waals surface area contributed by atoms with Crippen molar-refractivity contribution in [2.24, 2.45) is 0 Å². The molecule has 1 heterocycles. The molecule has 4 heteroatoms. The molecule has 1 fully saturated rings. The number of carbonyl (C=O) groups is 1. The second kappa shape index (κ2) is 6.57. The van der Waals surface area contributed by atoms with E-state index in [-0.39, 0.29) is 5.91 Å². The lowest BCUT2D eigenvalue weighted by Crippen LogP contribution is -2.38. The molecule has 1 aromatic rings. The molecule has 0 bridgehead atoms. The summed E-state index contributed by atoms with van der Waals surface area (Å²) in [5.41, 5.74) is 1.17. The quantitative estimate of drug-likeness (QED) is 0.873. The average molecular weight is 262 g/mol. The number of likely N-dealkylation sites (N-methyl/N-ethyl adjacent to an activating group) is 1. The number of aryl methyl sites for hydroxylation is 1. The van der Waals surface area contributed by atoms with E-state index in [4.69, 9.17) is 4.74 Å². The number of methoxy groups -OCH3 is 1. The van der Waals surface area contributed by atoms with Crippen LogP contribution in [0, 0.1) is 0 Å². The minimum Gasteiger partial charge on any atom is -0.497 e. The summed E-state index contributed by atoms with van der Waals surface area (Å²) in [4.78, 5) is 14.0. The van der Waals surface area contributed by atoms with Crippen molar-refractivity contribution < 1.29 is 9.53 Å². The van der Waals surface area contributed by atoms with Crippen LogP contribution in [0.4, 0.5) is 0 Å². The van der Waals surface area contributed by atoms with Crippen LogP contribution >= 0.6 is 0 Å². The minimum atomic E-state index is 0.226. The number of hydrogen-bond acceptors (Lipinski definition) is 3. The van der Waals surface area contributed by atoms with E-state index in [0.717, 1.165) is 31.7 Å². The molecule has 1 amide bonds. The van der Waals surface area contributed by atoms with Crippen molar-refractivity contribution in [1.29, 1.82) is 0 Å². The molecule has 19 heavy (non-hydrogen) atoms. The van der Waals surface area contributed by atoms with E-state index in [1.54, 1.807) is 7.11 Å². The van der Waals surface area contributed by atoms with Crippen LogP contribution < -0.4 is 10.1 Å². The molecular formula is C15H22N2O2. The Hall–Kier alpha value is -1.55. The Labute approximate surface area is 114 Å². The molecule has 1 saturated heterocycles. The second-order valence-electron chi connectivity index (χ2n) is 5.00. The molecule has 1 unspecified atom stereocenters. The molecular weight excluding hydrogens is 240 g/mol. The van der Waals surface area contributed by atoms with E-state index in [9.17, 15) is 4.79 Å². The number of benzene rings is 1. The Morgan fingerprint density at radius 1 is 1.42 bits per heavy atom. The fourth-order valence-electron chi connectivity index (χ4n) is 2.39. The largest absolute Gasteiger partial charge is 0.497 e. The predicted molar refractivity (Wildman–Crippen MR) is 75.4 cm³/mol. The monoisotopic (exact) mass is 262 g/mol. The lowest BCUT2D eigenvalue weighted by molar-refractivity contribution is -0.131. The molecule has 104 valence electrons. The van der Waals surface area contributed by atoms with Crippen LogP contribution in [0.3, 0.4) is 0 Å². The van der Waals surface area contributed by atoms with Gasteiger partial charge >= 0.3 is 0 Å². The fourth-order valence-corrected chi connectivity index (χ4v) is 2.39. The van der Waals surface area contributed by atoms with E-state index in [2.05, 4.69) is 5.32 Å². The Morgan fingerprint density at radius 2 is 2.16 bits per heavy atom. The van der Waals surface area contributed by atoms with E-state index in [0.29, 0.717) is 12.5 Å². The first-order chi connectivity index (χ1) is 9.20. The van der Waals surface area contributed by atoms with Crippen LogP contribution in [-0.2, 0) is 11.2 Å². The highest BCUT2D eigenvalue weighted by atomic mass is 16.5. The molecule has 1 aliphatic rings. The van der Waals surface area contributed by atoms with Gasteiger partial charge in [0.05, 0.1) is 7.11 Å². The van der Waals surface area contributed by atoms with Crippen LogP contribution in [0.5, 0.6) is 5.75 Å². The Bertz CT molecular complexity index is 411. The maximum atomic E-state index is 12.1. The van der Waals surface area contributed by atoms with Crippen LogP contribution in [0.1, 0.15) is 18.4 Å². The average Bonchev–Trinajstić information content (AvgIpc) is 2.98. The van der Waals surface area contributed by atoms with Crippen molar-refractivity contribution in [1.82, 2.24) is 10.2 Å². The fraction of sp³-hybridized carbons (Fsp3) is 0.533. The van der Waals surface area contributed by atoms with Gasteiger partial charge in [0.1, 0.15) is 5.75 Å². The zero-order valence-corrected chi connectivity index (χ0v) is 11.7. The molecule has 2 rings (SSSR count). The summed E-state index contributed by atoms with van der Waals surface area (Å²) in [7, 11) is 3.57. The van der Waals surface area contributed by atoms with Crippen LogP contribution in [0.15, 0.2) is 24.3 Å². The van der Waals surface area contributed by atoms with E-state index in [1.165, 1.54) is 5.56 Å². The van der Waals surface area contributed by atoms with Gasteiger partial charge in [0.2, 0.25) is 5.91 Å².